The van der Waals surface area contributed by atoms with Crippen LogP contribution in [-0.2, 0) is 11.3 Å². The predicted octanol–water partition coefficient (Wildman–Crippen LogP) is 3.43. The summed E-state index contributed by atoms with van der Waals surface area (Å²) in [6.07, 6.45) is -3.90. The average molecular weight is 358 g/mol. The molecule has 0 aromatic heterocycles. The Balaban J connectivity index is 2.64. The zero-order valence-corrected chi connectivity index (χ0v) is 14.5. The van der Waals surface area contributed by atoms with Crippen LogP contribution >= 0.6 is 0 Å². The number of aliphatic imine (C=N–C) groups is 1. The van der Waals surface area contributed by atoms with Crippen LogP contribution in [0.25, 0.3) is 0 Å². The molecular weight excluding hydrogens is 333 g/mol. The second kappa shape index (κ2) is 10.6. The molecule has 0 aliphatic rings. The van der Waals surface area contributed by atoms with Gasteiger partial charge in [-0.25, -0.2) is 4.99 Å². The van der Waals surface area contributed by atoms with Crippen molar-refractivity contribution in [3.63, 3.8) is 0 Å². The normalized spacial score (nSPS) is 12.0. The molecule has 1 aromatic carbocycles. The number of carbonyl (C=O) groups excluding carboxylic acids is 1. The number of benzene rings is 1. The van der Waals surface area contributed by atoms with Gasteiger partial charge in [-0.05, 0) is 31.0 Å². The number of hydrogen-bond donors (Lipinski definition) is 3. The Bertz CT molecular complexity index is 573. The smallest absolute Gasteiger partial charge is 0.357 e. The lowest BCUT2D eigenvalue weighted by molar-refractivity contribution is -0.132. The van der Waals surface area contributed by atoms with Crippen molar-refractivity contribution in [3.8, 4) is 0 Å². The van der Waals surface area contributed by atoms with Gasteiger partial charge < -0.3 is 16.0 Å². The lowest BCUT2D eigenvalue weighted by Crippen LogP contribution is -2.38. The molecule has 0 radical (unpaired) electrons. The molecule has 1 amide bonds. The molecule has 0 atom stereocenters. The summed E-state index contributed by atoms with van der Waals surface area (Å²) < 4.78 is 36.6. The maximum atomic E-state index is 12.2. The third-order valence-corrected chi connectivity index (χ3v) is 3.15. The van der Waals surface area contributed by atoms with Crippen molar-refractivity contribution >= 4 is 17.6 Å². The van der Waals surface area contributed by atoms with E-state index in [0.29, 0.717) is 31.2 Å². The van der Waals surface area contributed by atoms with Gasteiger partial charge >= 0.3 is 6.18 Å². The summed E-state index contributed by atoms with van der Waals surface area (Å²) in [5.41, 5.74) is 1.53. The summed E-state index contributed by atoms with van der Waals surface area (Å²) >= 11 is 0. The first-order valence-electron chi connectivity index (χ1n) is 8.31. The maximum Gasteiger partial charge on any atom is 0.390 e. The largest absolute Gasteiger partial charge is 0.390 e. The Morgan fingerprint density at radius 1 is 1.20 bits per heavy atom. The summed E-state index contributed by atoms with van der Waals surface area (Å²) in [7, 11) is 0. The molecule has 0 saturated heterocycles. The Morgan fingerprint density at radius 2 is 1.96 bits per heavy atom. The number of rotatable bonds is 8. The van der Waals surface area contributed by atoms with Gasteiger partial charge in [0, 0.05) is 25.2 Å². The third kappa shape index (κ3) is 9.59. The average Bonchev–Trinajstić information content (AvgIpc) is 2.52. The molecule has 0 heterocycles. The van der Waals surface area contributed by atoms with Gasteiger partial charge in [0.1, 0.15) is 0 Å². The number of carbonyl (C=O) groups is 1. The number of guanidine groups is 1. The molecule has 1 aromatic rings. The number of alkyl halides is 3. The van der Waals surface area contributed by atoms with Crippen LogP contribution < -0.4 is 16.0 Å². The number of nitrogens with one attached hydrogen (secondary N) is 3. The van der Waals surface area contributed by atoms with E-state index in [1.54, 1.807) is 18.2 Å². The number of nitrogens with zero attached hydrogens (tertiary/aromatic N) is 1. The second-order valence-corrected chi connectivity index (χ2v) is 5.49. The Morgan fingerprint density at radius 3 is 2.60 bits per heavy atom. The molecular formula is C17H25F3N4O. The number of halogens is 3. The molecule has 8 heteroatoms. The van der Waals surface area contributed by atoms with Crippen LogP contribution in [0.5, 0.6) is 0 Å². The topological polar surface area (TPSA) is 65.5 Å². The molecule has 0 aliphatic carbocycles. The lowest BCUT2D eigenvalue weighted by atomic mass is 10.2. The van der Waals surface area contributed by atoms with Gasteiger partial charge in [0.2, 0.25) is 5.91 Å². The summed E-state index contributed by atoms with van der Waals surface area (Å²) in [6.45, 7) is 4.37. The van der Waals surface area contributed by atoms with E-state index >= 15 is 0 Å². The zero-order valence-electron chi connectivity index (χ0n) is 14.5. The SMILES string of the molecule is CCCC(=O)Nc1cccc(CN=C(NCC)NCCC(F)(F)F)c1. The molecule has 0 saturated carbocycles. The van der Waals surface area contributed by atoms with Crippen molar-refractivity contribution in [2.75, 3.05) is 18.4 Å². The number of hydrogen-bond acceptors (Lipinski definition) is 2. The highest BCUT2D eigenvalue weighted by molar-refractivity contribution is 5.90. The molecule has 3 N–H and O–H groups in total. The van der Waals surface area contributed by atoms with E-state index in [2.05, 4.69) is 20.9 Å². The first-order valence-corrected chi connectivity index (χ1v) is 8.31. The highest BCUT2D eigenvalue weighted by atomic mass is 19.4. The van der Waals surface area contributed by atoms with E-state index < -0.39 is 12.6 Å². The monoisotopic (exact) mass is 358 g/mol. The van der Waals surface area contributed by atoms with Crippen molar-refractivity contribution < 1.29 is 18.0 Å². The molecule has 1 rings (SSSR count). The zero-order chi connectivity index (χ0) is 18.7. The van der Waals surface area contributed by atoms with Gasteiger partial charge in [0.15, 0.2) is 5.96 Å². The third-order valence-electron chi connectivity index (χ3n) is 3.15. The van der Waals surface area contributed by atoms with Gasteiger partial charge in [-0.15, -0.1) is 0 Å². The minimum atomic E-state index is -4.20. The number of amides is 1. The van der Waals surface area contributed by atoms with E-state index in [1.807, 2.05) is 19.9 Å². The molecule has 0 unspecified atom stereocenters. The second-order valence-electron chi connectivity index (χ2n) is 5.49. The van der Waals surface area contributed by atoms with Gasteiger partial charge in [0.25, 0.3) is 0 Å². The minimum Gasteiger partial charge on any atom is -0.357 e. The van der Waals surface area contributed by atoms with Crippen LogP contribution in [0.4, 0.5) is 18.9 Å². The molecule has 0 fully saturated rings. The highest BCUT2D eigenvalue weighted by Gasteiger charge is 2.26. The quantitative estimate of drug-likeness (QED) is 0.493. The van der Waals surface area contributed by atoms with Crippen LogP contribution in [0.3, 0.4) is 0 Å². The van der Waals surface area contributed by atoms with E-state index in [4.69, 9.17) is 0 Å². The van der Waals surface area contributed by atoms with E-state index in [9.17, 15) is 18.0 Å². The minimum absolute atomic E-state index is 0.0506. The van der Waals surface area contributed by atoms with Crippen LogP contribution in [0.2, 0.25) is 0 Å². The number of anilines is 1. The van der Waals surface area contributed by atoms with Crippen LogP contribution in [-0.4, -0.2) is 31.1 Å². The first-order chi connectivity index (χ1) is 11.8. The van der Waals surface area contributed by atoms with Gasteiger partial charge in [0.05, 0.1) is 13.0 Å². The predicted molar refractivity (Wildman–Crippen MR) is 93.5 cm³/mol. The van der Waals surface area contributed by atoms with Crippen LogP contribution in [0, 0.1) is 0 Å². The van der Waals surface area contributed by atoms with Crippen molar-refractivity contribution in [2.24, 2.45) is 4.99 Å². The van der Waals surface area contributed by atoms with Crippen LogP contribution in [0.1, 0.15) is 38.7 Å². The summed E-state index contributed by atoms with van der Waals surface area (Å²) in [6, 6.07) is 7.23. The molecule has 25 heavy (non-hydrogen) atoms. The molecule has 5 nitrogen and oxygen atoms in total. The Kier molecular flexibility index (Phi) is 8.80. The Labute approximate surface area is 146 Å². The van der Waals surface area contributed by atoms with Crippen molar-refractivity contribution in [3.05, 3.63) is 29.8 Å². The summed E-state index contributed by atoms with van der Waals surface area (Å²) in [4.78, 5) is 15.9. The van der Waals surface area contributed by atoms with Gasteiger partial charge in [-0.1, -0.05) is 19.1 Å². The van der Waals surface area contributed by atoms with E-state index in [0.717, 1.165) is 12.0 Å². The van der Waals surface area contributed by atoms with Crippen molar-refractivity contribution in [1.82, 2.24) is 10.6 Å². The molecule has 0 aliphatic heterocycles. The molecule has 140 valence electrons. The first kappa shape index (κ1) is 20.8. The highest BCUT2D eigenvalue weighted by Crippen LogP contribution is 2.18. The fourth-order valence-electron chi connectivity index (χ4n) is 2.03. The Hall–Kier alpha value is -2.25. The van der Waals surface area contributed by atoms with Crippen LogP contribution in [0.15, 0.2) is 29.3 Å². The van der Waals surface area contributed by atoms with E-state index in [-0.39, 0.29) is 12.5 Å². The summed E-state index contributed by atoms with van der Waals surface area (Å²) in [5.74, 6) is 0.275. The van der Waals surface area contributed by atoms with Gasteiger partial charge in [-0.3, -0.25) is 4.79 Å². The molecule has 0 bridgehead atoms. The van der Waals surface area contributed by atoms with Crippen molar-refractivity contribution in [1.29, 1.82) is 0 Å². The van der Waals surface area contributed by atoms with E-state index in [1.165, 1.54) is 0 Å². The fraction of sp³-hybridized carbons (Fsp3) is 0.529. The lowest BCUT2D eigenvalue weighted by Gasteiger charge is -2.12. The maximum absolute atomic E-state index is 12.2. The molecule has 0 spiro atoms. The standard InChI is InChI=1S/C17H25F3N4O/c1-3-6-15(25)24-14-8-5-7-13(11-14)12-23-16(21-4-2)22-10-9-17(18,19)20/h5,7-8,11H,3-4,6,9-10,12H2,1-2H3,(H,24,25)(H2,21,22,23). The van der Waals surface area contributed by atoms with Gasteiger partial charge in [-0.2, -0.15) is 13.2 Å². The summed E-state index contributed by atoms with van der Waals surface area (Å²) in [5, 5.41) is 8.37. The van der Waals surface area contributed by atoms with Crippen molar-refractivity contribution in [2.45, 2.75) is 45.8 Å². The fourth-order valence-corrected chi connectivity index (χ4v) is 2.03.